The van der Waals surface area contributed by atoms with E-state index in [1.165, 1.54) is 12.1 Å². The van der Waals surface area contributed by atoms with E-state index < -0.39 is 24.7 Å². The number of carbonyl (C=O) groups is 2. The van der Waals surface area contributed by atoms with Gasteiger partial charge in [0, 0.05) is 29.3 Å². The lowest BCUT2D eigenvalue weighted by Crippen LogP contribution is -2.20. The number of benzene rings is 2. The van der Waals surface area contributed by atoms with Crippen LogP contribution in [-0.4, -0.2) is 29.7 Å². The summed E-state index contributed by atoms with van der Waals surface area (Å²) in [6, 6.07) is 15.9. The number of halogens is 3. The lowest BCUT2D eigenvalue weighted by atomic mass is 10.1. The predicted molar refractivity (Wildman–Crippen MR) is 114 cm³/mol. The van der Waals surface area contributed by atoms with E-state index in [0.717, 1.165) is 11.8 Å². The molecule has 0 bridgehead atoms. The van der Waals surface area contributed by atoms with Crippen molar-refractivity contribution in [2.75, 3.05) is 22.6 Å². The second-order valence-corrected chi connectivity index (χ2v) is 6.72. The Bertz CT molecular complexity index is 1090. The maximum atomic E-state index is 12.5. The molecule has 32 heavy (non-hydrogen) atoms. The monoisotopic (exact) mass is 444 g/mol. The van der Waals surface area contributed by atoms with Gasteiger partial charge in [-0.15, -0.1) is 0 Å². The number of aryl methyl sites for hydroxylation is 1. The summed E-state index contributed by atoms with van der Waals surface area (Å²) in [5, 5.41) is 8.06. The Morgan fingerprint density at radius 3 is 2.31 bits per heavy atom. The molecule has 3 N–H and O–H groups in total. The summed E-state index contributed by atoms with van der Waals surface area (Å²) < 4.78 is 41.1. The van der Waals surface area contributed by atoms with Crippen molar-refractivity contribution in [1.29, 1.82) is 0 Å². The number of nitrogens with one attached hydrogen (secondary N) is 3. The second kappa shape index (κ2) is 9.82. The minimum atomic E-state index is -4.48. The molecule has 2 aromatic carbocycles. The summed E-state index contributed by atoms with van der Waals surface area (Å²) in [7, 11) is 0. The first kappa shape index (κ1) is 22.6. The summed E-state index contributed by atoms with van der Waals surface area (Å²) >= 11 is 0. The number of ether oxygens (including phenoxy) is 1. The molecule has 0 aliphatic rings. The first-order chi connectivity index (χ1) is 15.2. The molecule has 3 amide bonds. The van der Waals surface area contributed by atoms with Gasteiger partial charge in [0.1, 0.15) is 0 Å². The van der Waals surface area contributed by atoms with E-state index in [4.69, 9.17) is 0 Å². The van der Waals surface area contributed by atoms with Crippen molar-refractivity contribution < 1.29 is 27.5 Å². The number of nitrogens with zero attached hydrogens (tertiary/aromatic N) is 1. The Hall–Kier alpha value is -4.08. The van der Waals surface area contributed by atoms with Gasteiger partial charge in [-0.25, -0.2) is 9.78 Å². The smallest absolute Gasteiger partial charge is 0.422 e. The van der Waals surface area contributed by atoms with Crippen molar-refractivity contribution in [3.8, 4) is 5.88 Å². The number of anilines is 3. The maximum absolute atomic E-state index is 12.5. The topological polar surface area (TPSA) is 92.4 Å². The Labute approximate surface area is 181 Å². The number of rotatable bonds is 6. The largest absolute Gasteiger partial charge is 0.468 e. The molecular formula is C22H19F3N4O3. The first-order valence-corrected chi connectivity index (χ1v) is 9.40. The zero-order valence-electron chi connectivity index (χ0n) is 16.9. The van der Waals surface area contributed by atoms with Crippen molar-refractivity contribution in [1.82, 2.24) is 4.98 Å². The van der Waals surface area contributed by atoms with E-state index in [1.54, 1.807) is 49.4 Å². The number of para-hydroxylation sites is 1. The molecule has 0 spiro atoms. The predicted octanol–water partition coefficient (Wildman–Crippen LogP) is 5.23. The summed E-state index contributed by atoms with van der Waals surface area (Å²) in [6.45, 7) is 0.304. The van der Waals surface area contributed by atoms with Gasteiger partial charge in [0.15, 0.2) is 6.61 Å². The molecule has 166 valence electrons. The Morgan fingerprint density at radius 1 is 0.938 bits per heavy atom. The van der Waals surface area contributed by atoms with Crippen LogP contribution >= 0.6 is 0 Å². The van der Waals surface area contributed by atoms with Gasteiger partial charge in [-0.3, -0.25) is 4.79 Å². The number of hydrogen-bond donors (Lipinski definition) is 3. The van der Waals surface area contributed by atoms with Crippen molar-refractivity contribution >= 4 is 29.0 Å². The molecule has 10 heteroatoms. The van der Waals surface area contributed by atoms with E-state index in [0.29, 0.717) is 17.1 Å². The molecule has 3 rings (SSSR count). The van der Waals surface area contributed by atoms with Crippen molar-refractivity contribution in [3.63, 3.8) is 0 Å². The molecule has 0 aliphatic carbocycles. The summed E-state index contributed by atoms with van der Waals surface area (Å²) in [6.07, 6.45) is -3.36. The maximum Gasteiger partial charge on any atom is 0.422 e. The fraction of sp³-hybridized carbons (Fsp3) is 0.136. The Morgan fingerprint density at radius 2 is 1.66 bits per heavy atom. The number of pyridine rings is 1. The van der Waals surface area contributed by atoms with Gasteiger partial charge in [0.2, 0.25) is 5.88 Å². The lowest BCUT2D eigenvalue weighted by Gasteiger charge is -2.12. The van der Waals surface area contributed by atoms with E-state index >= 15 is 0 Å². The molecule has 0 unspecified atom stereocenters. The van der Waals surface area contributed by atoms with E-state index in [2.05, 4.69) is 25.7 Å². The molecule has 0 saturated heterocycles. The number of carbonyl (C=O) groups excluding carboxylic acids is 2. The quantitative estimate of drug-likeness (QED) is 0.486. The number of alkyl halides is 3. The third-order valence-corrected chi connectivity index (χ3v) is 4.16. The minimum absolute atomic E-state index is 0.129. The van der Waals surface area contributed by atoms with E-state index in [-0.39, 0.29) is 11.4 Å². The van der Waals surface area contributed by atoms with Crippen LogP contribution in [0.2, 0.25) is 0 Å². The number of amides is 3. The van der Waals surface area contributed by atoms with Crippen LogP contribution in [0, 0.1) is 6.92 Å². The molecule has 0 radical (unpaired) electrons. The van der Waals surface area contributed by atoms with Crippen LogP contribution in [0.25, 0.3) is 0 Å². The number of hydrogen-bond acceptors (Lipinski definition) is 4. The molecule has 7 nitrogen and oxygen atoms in total. The fourth-order valence-corrected chi connectivity index (χ4v) is 2.60. The van der Waals surface area contributed by atoms with Gasteiger partial charge in [-0.05, 0) is 42.8 Å². The Balaban J connectivity index is 1.62. The van der Waals surface area contributed by atoms with Gasteiger partial charge in [-0.2, -0.15) is 13.2 Å². The summed E-state index contributed by atoms with van der Waals surface area (Å²) in [5.41, 5.74) is 2.40. The lowest BCUT2D eigenvalue weighted by molar-refractivity contribution is -0.154. The van der Waals surface area contributed by atoms with Crippen LogP contribution in [0.1, 0.15) is 15.9 Å². The van der Waals surface area contributed by atoms with Crippen LogP contribution in [0.4, 0.5) is 35.0 Å². The van der Waals surface area contributed by atoms with Crippen LogP contribution in [0.15, 0.2) is 66.9 Å². The van der Waals surface area contributed by atoms with E-state index in [9.17, 15) is 22.8 Å². The molecule has 0 atom stereocenters. The molecule has 1 aromatic heterocycles. The third-order valence-electron chi connectivity index (χ3n) is 4.16. The SMILES string of the molecule is Cc1ccc(NC(=O)Nc2ccccc2)cc1NC(=O)c1ccc(OCC(F)(F)F)nc1. The van der Waals surface area contributed by atoms with E-state index in [1.807, 2.05) is 6.07 Å². The summed E-state index contributed by atoms with van der Waals surface area (Å²) in [4.78, 5) is 28.4. The normalized spacial score (nSPS) is 10.9. The highest BCUT2D eigenvalue weighted by Crippen LogP contribution is 2.22. The zero-order chi connectivity index (χ0) is 23.1. The van der Waals surface area contributed by atoms with Gasteiger partial charge in [-0.1, -0.05) is 24.3 Å². The number of urea groups is 1. The molecule has 1 heterocycles. The third kappa shape index (κ3) is 6.73. The second-order valence-electron chi connectivity index (χ2n) is 6.72. The van der Waals surface area contributed by atoms with Crippen LogP contribution < -0.4 is 20.7 Å². The molecule has 0 aliphatic heterocycles. The summed E-state index contributed by atoms with van der Waals surface area (Å²) in [5.74, 6) is -0.764. The first-order valence-electron chi connectivity index (χ1n) is 9.40. The van der Waals surface area contributed by atoms with Crippen LogP contribution in [-0.2, 0) is 0 Å². The molecule has 0 fully saturated rings. The number of aromatic nitrogens is 1. The molecule has 3 aromatic rings. The Kier molecular flexibility index (Phi) is 6.93. The highest BCUT2D eigenvalue weighted by Gasteiger charge is 2.28. The van der Waals surface area contributed by atoms with Crippen LogP contribution in [0.3, 0.4) is 0 Å². The fourth-order valence-electron chi connectivity index (χ4n) is 2.60. The van der Waals surface area contributed by atoms with Crippen molar-refractivity contribution in [2.24, 2.45) is 0 Å². The van der Waals surface area contributed by atoms with Gasteiger partial charge in [0.25, 0.3) is 5.91 Å². The molecule has 0 saturated carbocycles. The average Bonchev–Trinajstić information content (AvgIpc) is 2.75. The van der Waals surface area contributed by atoms with Crippen LogP contribution in [0.5, 0.6) is 5.88 Å². The van der Waals surface area contributed by atoms with Gasteiger partial charge in [0.05, 0.1) is 5.56 Å². The zero-order valence-corrected chi connectivity index (χ0v) is 16.9. The van der Waals surface area contributed by atoms with Crippen molar-refractivity contribution in [3.05, 3.63) is 78.0 Å². The average molecular weight is 444 g/mol. The van der Waals surface area contributed by atoms with Crippen molar-refractivity contribution in [2.45, 2.75) is 13.1 Å². The van der Waals surface area contributed by atoms with Gasteiger partial charge < -0.3 is 20.7 Å². The minimum Gasteiger partial charge on any atom is -0.468 e. The molecular weight excluding hydrogens is 425 g/mol. The standard InChI is InChI=1S/C22H19F3N4O3/c1-14-7-9-17(28-21(31)27-16-5-3-2-4-6-16)11-18(14)29-20(30)15-8-10-19(26-12-15)32-13-22(23,24)25/h2-12H,13H2,1H3,(H,29,30)(H2,27,28,31). The highest BCUT2D eigenvalue weighted by molar-refractivity contribution is 6.05. The highest BCUT2D eigenvalue weighted by atomic mass is 19.4. The van der Waals surface area contributed by atoms with Gasteiger partial charge >= 0.3 is 12.2 Å².